The van der Waals surface area contributed by atoms with Gasteiger partial charge in [0.1, 0.15) is 5.82 Å². The van der Waals surface area contributed by atoms with Gasteiger partial charge < -0.3 is 29.6 Å². The molecule has 0 aliphatic rings. The number of methoxy groups -OCH3 is 2. The Morgan fingerprint density at radius 1 is 1.03 bits per heavy atom. The van der Waals surface area contributed by atoms with Gasteiger partial charge in [0, 0.05) is 17.0 Å². The number of hydrogen-bond donors (Lipinski definition) is 3. The van der Waals surface area contributed by atoms with Crippen LogP contribution in [0.4, 0.5) is 5.82 Å². The Kier molecular flexibility index (Phi) is 7.11. The number of carboxylic acids is 1. The summed E-state index contributed by atoms with van der Waals surface area (Å²) in [7, 11) is 3.13. The van der Waals surface area contributed by atoms with Crippen LogP contribution >= 0.6 is 11.8 Å². The standard InChI is InChI=1S/C25H23N3O6S/c1-33-19-9-7-15(11-20(19)34-2)13-28-23(30)17-5-3-4-6-18(17)24(28)35-14-22(29)27-21-10-8-16(12-26-21)25(31)32/h3-12,30H,13-14H2,1-2H3,(H,31,32)(H,26,27,29). The highest BCUT2D eigenvalue weighted by Crippen LogP contribution is 2.38. The highest BCUT2D eigenvalue weighted by atomic mass is 32.2. The molecule has 10 heteroatoms. The number of aromatic hydroxyl groups is 1. The minimum absolute atomic E-state index is 0.0345. The Labute approximate surface area is 205 Å². The topological polar surface area (TPSA) is 123 Å². The molecule has 2 aromatic heterocycles. The van der Waals surface area contributed by atoms with E-state index < -0.39 is 5.97 Å². The zero-order chi connectivity index (χ0) is 24.9. The molecule has 4 rings (SSSR count). The predicted octanol–water partition coefficient (Wildman–Crippen LogP) is 4.24. The predicted molar refractivity (Wildman–Crippen MR) is 133 cm³/mol. The molecule has 0 fully saturated rings. The molecule has 0 saturated carbocycles. The van der Waals surface area contributed by atoms with E-state index in [1.54, 1.807) is 24.9 Å². The Balaban J connectivity index is 1.57. The van der Waals surface area contributed by atoms with Gasteiger partial charge in [0.2, 0.25) is 5.91 Å². The number of rotatable bonds is 9. The number of carbonyl (C=O) groups excluding carboxylic acids is 1. The van der Waals surface area contributed by atoms with Crippen molar-refractivity contribution < 1.29 is 29.3 Å². The SMILES string of the molecule is COc1ccc(Cn2c(O)c3ccccc3c2SCC(=O)Nc2ccc(C(=O)O)cn2)cc1OC. The lowest BCUT2D eigenvalue weighted by molar-refractivity contribution is -0.113. The number of carbonyl (C=O) groups is 2. The molecule has 0 unspecified atom stereocenters. The molecule has 3 N–H and O–H groups in total. The molecule has 0 spiro atoms. The number of aromatic nitrogens is 2. The smallest absolute Gasteiger partial charge is 0.337 e. The monoisotopic (exact) mass is 493 g/mol. The van der Waals surface area contributed by atoms with Crippen LogP contribution in [0.15, 0.2) is 65.8 Å². The summed E-state index contributed by atoms with van der Waals surface area (Å²) in [5.41, 5.74) is 0.916. The first-order chi connectivity index (χ1) is 16.9. The van der Waals surface area contributed by atoms with Crippen LogP contribution in [0.5, 0.6) is 17.4 Å². The van der Waals surface area contributed by atoms with Gasteiger partial charge in [0.15, 0.2) is 17.4 Å². The van der Waals surface area contributed by atoms with Gasteiger partial charge in [0.25, 0.3) is 0 Å². The summed E-state index contributed by atoms with van der Waals surface area (Å²) in [4.78, 5) is 27.5. The maximum Gasteiger partial charge on any atom is 0.337 e. The van der Waals surface area contributed by atoms with Crippen LogP contribution in [-0.4, -0.2) is 51.6 Å². The number of fused-ring (bicyclic) bond motifs is 1. The number of nitrogens with one attached hydrogen (secondary N) is 1. The van der Waals surface area contributed by atoms with Gasteiger partial charge in [-0.1, -0.05) is 36.0 Å². The lowest BCUT2D eigenvalue weighted by atomic mass is 10.2. The number of hydrogen-bond acceptors (Lipinski definition) is 7. The second kappa shape index (κ2) is 10.4. The van der Waals surface area contributed by atoms with Crippen molar-refractivity contribution in [1.29, 1.82) is 0 Å². The van der Waals surface area contributed by atoms with Crippen molar-refractivity contribution >= 4 is 40.2 Å². The number of amides is 1. The van der Waals surface area contributed by atoms with E-state index in [-0.39, 0.29) is 28.9 Å². The molecule has 35 heavy (non-hydrogen) atoms. The van der Waals surface area contributed by atoms with Crippen LogP contribution in [0.1, 0.15) is 15.9 Å². The van der Waals surface area contributed by atoms with Crippen molar-refractivity contribution in [2.24, 2.45) is 0 Å². The Hall–Kier alpha value is -4.18. The van der Waals surface area contributed by atoms with E-state index in [9.17, 15) is 14.7 Å². The van der Waals surface area contributed by atoms with E-state index in [0.29, 0.717) is 23.4 Å². The Bertz CT molecular complexity index is 1380. The molecular formula is C25H23N3O6S. The fourth-order valence-electron chi connectivity index (χ4n) is 3.62. The van der Waals surface area contributed by atoms with Crippen LogP contribution < -0.4 is 14.8 Å². The average molecular weight is 494 g/mol. The zero-order valence-corrected chi connectivity index (χ0v) is 19.8. The maximum absolute atomic E-state index is 12.6. The molecule has 4 aromatic rings. The number of aromatic carboxylic acids is 1. The molecule has 0 saturated heterocycles. The van der Waals surface area contributed by atoms with E-state index in [0.717, 1.165) is 16.0 Å². The molecule has 0 aliphatic heterocycles. The third-order valence-corrected chi connectivity index (χ3v) is 6.43. The molecule has 180 valence electrons. The second-order valence-electron chi connectivity index (χ2n) is 7.52. The van der Waals surface area contributed by atoms with Gasteiger partial charge in [-0.2, -0.15) is 0 Å². The van der Waals surface area contributed by atoms with Crippen LogP contribution in [0.25, 0.3) is 10.8 Å². The molecule has 1 amide bonds. The highest BCUT2D eigenvalue weighted by molar-refractivity contribution is 8.00. The van der Waals surface area contributed by atoms with Crippen molar-refractivity contribution in [2.75, 3.05) is 25.3 Å². The van der Waals surface area contributed by atoms with Crippen LogP contribution in [0.2, 0.25) is 0 Å². The van der Waals surface area contributed by atoms with Crippen molar-refractivity contribution in [3.8, 4) is 17.4 Å². The van der Waals surface area contributed by atoms with E-state index in [1.807, 2.05) is 36.4 Å². The normalized spacial score (nSPS) is 10.8. The fraction of sp³-hybridized carbons (Fsp3) is 0.160. The van der Waals surface area contributed by atoms with E-state index in [2.05, 4.69) is 10.3 Å². The van der Waals surface area contributed by atoms with Gasteiger partial charge in [-0.25, -0.2) is 9.78 Å². The van der Waals surface area contributed by atoms with Crippen molar-refractivity contribution in [3.63, 3.8) is 0 Å². The quantitative estimate of drug-likeness (QED) is 0.296. The first kappa shape index (κ1) is 24.0. The number of thioether (sulfide) groups is 1. The summed E-state index contributed by atoms with van der Waals surface area (Å²) in [6.07, 6.45) is 1.19. The molecule has 0 atom stereocenters. The largest absolute Gasteiger partial charge is 0.494 e. The third-order valence-electron chi connectivity index (χ3n) is 5.31. The summed E-state index contributed by atoms with van der Waals surface area (Å²) in [6, 6.07) is 15.8. The second-order valence-corrected chi connectivity index (χ2v) is 8.49. The van der Waals surface area contributed by atoms with Gasteiger partial charge in [0.05, 0.1) is 37.1 Å². The summed E-state index contributed by atoms with van der Waals surface area (Å²) < 4.78 is 12.5. The number of ether oxygens (including phenoxy) is 2. The van der Waals surface area contributed by atoms with E-state index in [4.69, 9.17) is 14.6 Å². The minimum atomic E-state index is -1.09. The van der Waals surface area contributed by atoms with Crippen molar-refractivity contribution in [3.05, 3.63) is 71.9 Å². The molecular weight excluding hydrogens is 470 g/mol. The number of nitrogens with zero attached hydrogens (tertiary/aromatic N) is 2. The summed E-state index contributed by atoms with van der Waals surface area (Å²) >= 11 is 1.28. The first-order valence-electron chi connectivity index (χ1n) is 10.5. The zero-order valence-electron chi connectivity index (χ0n) is 19.0. The molecule has 9 nitrogen and oxygen atoms in total. The number of anilines is 1. The lowest BCUT2D eigenvalue weighted by Gasteiger charge is -2.13. The Morgan fingerprint density at radius 2 is 1.77 bits per heavy atom. The van der Waals surface area contributed by atoms with E-state index >= 15 is 0 Å². The maximum atomic E-state index is 12.6. The summed E-state index contributed by atoms with van der Waals surface area (Å²) in [6.45, 7) is 0.350. The molecule has 0 bridgehead atoms. The molecule has 0 radical (unpaired) electrons. The first-order valence-corrected chi connectivity index (χ1v) is 11.5. The third kappa shape index (κ3) is 5.17. The molecule has 2 aromatic carbocycles. The summed E-state index contributed by atoms with van der Waals surface area (Å²) in [5, 5.41) is 24.8. The average Bonchev–Trinajstić information content (AvgIpc) is 3.13. The van der Waals surface area contributed by atoms with Crippen molar-refractivity contribution in [1.82, 2.24) is 9.55 Å². The van der Waals surface area contributed by atoms with Gasteiger partial charge in [-0.3, -0.25) is 4.79 Å². The van der Waals surface area contributed by atoms with E-state index in [1.165, 1.54) is 30.1 Å². The molecule has 2 heterocycles. The van der Waals surface area contributed by atoms with Crippen LogP contribution in [0, 0.1) is 0 Å². The van der Waals surface area contributed by atoms with Gasteiger partial charge in [-0.15, -0.1) is 0 Å². The lowest BCUT2D eigenvalue weighted by Crippen LogP contribution is -2.15. The highest BCUT2D eigenvalue weighted by Gasteiger charge is 2.19. The number of carboxylic acid groups (broad SMARTS) is 1. The van der Waals surface area contributed by atoms with Crippen molar-refractivity contribution in [2.45, 2.75) is 11.6 Å². The minimum Gasteiger partial charge on any atom is -0.494 e. The summed E-state index contributed by atoms with van der Waals surface area (Å²) in [5.74, 6) is 0.201. The number of benzene rings is 2. The molecule has 0 aliphatic carbocycles. The van der Waals surface area contributed by atoms with Gasteiger partial charge >= 0.3 is 5.97 Å². The van der Waals surface area contributed by atoms with Crippen LogP contribution in [0.3, 0.4) is 0 Å². The number of pyridine rings is 1. The Morgan fingerprint density at radius 3 is 2.43 bits per heavy atom. The van der Waals surface area contributed by atoms with Crippen LogP contribution in [-0.2, 0) is 11.3 Å². The fourth-order valence-corrected chi connectivity index (χ4v) is 4.60. The van der Waals surface area contributed by atoms with Gasteiger partial charge in [-0.05, 0) is 35.9 Å².